The van der Waals surface area contributed by atoms with E-state index >= 15 is 0 Å². The van der Waals surface area contributed by atoms with Gasteiger partial charge < -0.3 is 20.1 Å². The number of rotatable bonds is 6. The van der Waals surface area contributed by atoms with Gasteiger partial charge in [0.1, 0.15) is 18.7 Å². The molecule has 170 valence electrons. The number of ether oxygens (including phenoxy) is 1. The minimum Gasteiger partial charge on any atom is -0.480 e. The standard InChI is InChI=1S/C25H30N2O5/c1-15(23(29)30)27(5)22(28)21(25(2,3)4)26-24(31)32-14-20-18-12-8-6-10-16(18)17-11-7-9-13-19(17)20/h6-13,15,20-21H,14H2,1-5H3,(H,26,31)(H,29,30)/t15?,21-/m0/s1. The summed E-state index contributed by atoms with van der Waals surface area (Å²) in [5, 5.41) is 11.9. The lowest BCUT2D eigenvalue weighted by Crippen LogP contribution is -2.56. The Hall–Kier alpha value is -3.35. The smallest absolute Gasteiger partial charge is 0.407 e. The van der Waals surface area contributed by atoms with E-state index < -0.39 is 35.5 Å². The average Bonchev–Trinajstić information content (AvgIpc) is 3.07. The molecule has 0 radical (unpaired) electrons. The van der Waals surface area contributed by atoms with Crippen molar-refractivity contribution in [2.45, 2.75) is 45.7 Å². The molecular weight excluding hydrogens is 408 g/mol. The number of nitrogens with one attached hydrogen (secondary N) is 1. The van der Waals surface area contributed by atoms with Crippen LogP contribution in [0.1, 0.15) is 44.7 Å². The summed E-state index contributed by atoms with van der Waals surface area (Å²) in [7, 11) is 1.42. The molecule has 1 unspecified atom stereocenters. The third-order valence-electron chi connectivity index (χ3n) is 6.00. The topological polar surface area (TPSA) is 95.9 Å². The third-order valence-corrected chi connectivity index (χ3v) is 6.00. The minimum absolute atomic E-state index is 0.0911. The monoisotopic (exact) mass is 438 g/mol. The Morgan fingerprint density at radius 2 is 1.53 bits per heavy atom. The predicted octanol–water partition coefficient (Wildman–Crippen LogP) is 3.87. The number of carbonyl (C=O) groups is 3. The van der Waals surface area contributed by atoms with Crippen LogP contribution in [0, 0.1) is 5.41 Å². The lowest BCUT2D eigenvalue weighted by atomic mass is 9.85. The summed E-state index contributed by atoms with van der Waals surface area (Å²) < 4.78 is 5.57. The van der Waals surface area contributed by atoms with Crippen LogP contribution < -0.4 is 5.32 Å². The van der Waals surface area contributed by atoms with Crippen LogP contribution in [-0.4, -0.2) is 53.7 Å². The van der Waals surface area contributed by atoms with Crippen molar-refractivity contribution >= 4 is 18.0 Å². The van der Waals surface area contributed by atoms with Gasteiger partial charge in [0.25, 0.3) is 0 Å². The fourth-order valence-corrected chi connectivity index (χ4v) is 3.97. The van der Waals surface area contributed by atoms with Crippen LogP contribution in [0.3, 0.4) is 0 Å². The molecule has 1 aliphatic carbocycles. The molecule has 0 fully saturated rings. The Labute approximate surface area is 188 Å². The van der Waals surface area contributed by atoms with Crippen LogP contribution in [0.25, 0.3) is 11.1 Å². The van der Waals surface area contributed by atoms with Crippen molar-refractivity contribution in [2.75, 3.05) is 13.7 Å². The number of carboxylic acid groups (broad SMARTS) is 1. The normalized spacial score (nSPS) is 14.7. The first-order chi connectivity index (χ1) is 15.0. The molecule has 0 spiro atoms. The zero-order valence-corrected chi connectivity index (χ0v) is 19.1. The molecule has 0 bridgehead atoms. The van der Waals surface area contributed by atoms with Gasteiger partial charge in [0, 0.05) is 13.0 Å². The molecule has 0 heterocycles. The molecule has 2 N–H and O–H groups in total. The van der Waals surface area contributed by atoms with Gasteiger partial charge in [-0.1, -0.05) is 69.3 Å². The molecule has 0 saturated heterocycles. The van der Waals surface area contributed by atoms with Gasteiger partial charge in [-0.2, -0.15) is 0 Å². The number of hydrogen-bond donors (Lipinski definition) is 2. The van der Waals surface area contributed by atoms with Gasteiger partial charge in [0.15, 0.2) is 0 Å². The van der Waals surface area contributed by atoms with Crippen molar-refractivity contribution in [1.82, 2.24) is 10.2 Å². The number of carbonyl (C=O) groups excluding carboxylic acids is 2. The summed E-state index contributed by atoms with van der Waals surface area (Å²) in [5.41, 5.74) is 3.81. The maximum absolute atomic E-state index is 13.0. The molecule has 7 heteroatoms. The number of alkyl carbamates (subject to hydrolysis) is 1. The molecule has 7 nitrogen and oxygen atoms in total. The van der Waals surface area contributed by atoms with Gasteiger partial charge in [-0.25, -0.2) is 9.59 Å². The van der Waals surface area contributed by atoms with E-state index in [2.05, 4.69) is 17.4 Å². The number of nitrogens with zero attached hydrogens (tertiary/aromatic N) is 1. The van der Waals surface area contributed by atoms with Gasteiger partial charge in [-0.05, 0) is 34.6 Å². The van der Waals surface area contributed by atoms with Crippen molar-refractivity contribution in [3.05, 3.63) is 59.7 Å². The highest BCUT2D eigenvalue weighted by molar-refractivity contribution is 5.89. The molecule has 0 aliphatic heterocycles. The van der Waals surface area contributed by atoms with E-state index in [9.17, 15) is 19.5 Å². The van der Waals surface area contributed by atoms with Gasteiger partial charge in [-0.15, -0.1) is 0 Å². The number of hydrogen-bond acceptors (Lipinski definition) is 4. The summed E-state index contributed by atoms with van der Waals surface area (Å²) in [5.74, 6) is -1.69. The SMILES string of the molecule is CC(C(=O)O)N(C)C(=O)[C@H](NC(=O)OCC1c2ccccc2-c2ccccc21)C(C)(C)C. The van der Waals surface area contributed by atoms with Gasteiger partial charge in [-0.3, -0.25) is 4.79 Å². The molecule has 3 rings (SSSR count). The maximum atomic E-state index is 13.0. The number of likely N-dealkylation sites (N-methyl/N-ethyl adjacent to an activating group) is 1. The van der Waals surface area contributed by atoms with Crippen molar-refractivity contribution < 1.29 is 24.2 Å². The van der Waals surface area contributed by atoms with Crippen molar-refractivity contribution in [3.63, 3.8) is 0 Å². The van der Waals surface area contributed by atoms with Crippen molar-refractivity contribution in [3.8, 4) is 11.1 Å². The van der Waals surface area contributed by atoms with E-state index in [4.69, 9.17) is 4.74 Å². The highest BCUT2D eigenvalue weighted by Gasteiger charge is 2.38. The summed E-state index contributed by atoms with van der Waals surface area (Å²) in [4.78, 5) is 38.1. The van der Waals surface area contributed by atoms with Gasteiger partial charge >= 0.3 is 12.1 Å². The quantitative estimate of drug-likeness (QED) is 0.714. The first-order valence-corrected chi connectivity index (χ1v) is 10.6. The molecule has 2 aromatic rings. The summed E-state index contributed by atoms with van der Waals surface area (Å²) in [6.45, 7) is 6.97. The molecular formula is C25H30N2O5. The number of benzene rings is 2. The predicted molar refractivity (Wildman–Crippen MR) is 121 cm³/mol. The van der Waals surface area contributed by atoms with E-state index in [0.29, 0.717) is 0 Å². The van der Waals surface area contributed by atoms with E-state index in [1.54, 1.807) is 20.8 Å². The third kappa shape index (κ3) is 4.61. The highest BCUT2D eigenvalue weighted by atomic mass is 16.5. The van der Waals surface area contributed by atoms with Crippen LogP contribution in [0.5, 0.6) is 0 Å². The molecule has 0 aromatic heterocycles. The minimum atomic E-state index is -1.12. The molecule has 0 saturated carbocycles. The lowest BCUT2D eigenvalue weighted by molar-refractivity contribution is -0.150. The van der Waals surface area contributed by atoms with Gasteiger partial charge in [0.2, 0.25) is 5.91 Å². The first-order valence-electron chi connectivity index (χ1n) is 10.6. The Morgan fingerprint density at radius 1 is 1.03 bits per heavy atom. The molecule has 1 aliphatic rings. The number of amides is 2. The van der Waals surface area contributed by atoms with Crippen LogP contribution in [0.4, 0.5) is 4.79 Å². The fourth-order valence-electron chi connectivity index (χ4n) is 3.97. The highest BCUT2D eigenvalue weighted by Crippen LogP contribution is 2.44. The van der Waals surface area contributed by atoms with Crippen LogP contribution in [0.15, 0.2) is 48.5 Å². The summed E-state index contributed by atoms with van der Waals surface area (Å²) in [6, 6.07) is 14.1. The van der Waals surface area contributed by atoms with Crippen molar-refractivity contribution in [1.29, 1.82) is 0 Å². The molecule has 2 atom stereocenters. The van der Waals surface area contributed by atoms with Crippen molar-refractivity contribution in [2.24, 2.45) is 5.41 Å². The summed E-state index contributed by atoms with van der Waals surface area (Å²) in [6.07, 6.45) is -0.712. The number of aliphatic carboxylic acids is 1. The largest absolute Gasteiger partial charge is 0.480 e. The van der Waals surface area contributed by atoms with E-state index in [1.807, 2.05) is 36.4 Å². The zero-order chi connectivity index (χ0) is 23.6. The van der Waals surface area contributed by atoms with Crippen LogP contribution in [-0.2, 0) is 14.3 Å². The van der Waals surface area contributed by atoms with Gasteiger partial charge in [0.05, 0.1) is 0 Å². The Balaban J connectivity index is 1.73. The Bertz CT molecular complexity index is 981. The number of carboxylic acids is 1. The Kier molecular flexibility index (Phi) is 6.57. The second-order valence-electron chi connectivity index (χ2n) is 9.23. The first kappa shape index (κ1) is 23.3. The zero-order valence-electron chi connectivity index (χ0n) is 19.1. The van der Waals surface area contributed by atoms with E-state index in [-0.39, 0.29) is 12.5 Å². The van der Waals surface area contributed by atoms with Crippen LogP contribution >= 0.6 is 0 Å². The molecule has 32 heavy (non-hydrogen) atoms. The average molecular weight is 439 g/mol. The molecule has 2 aromatic carbocycles. The van der Waals surface area contributed by atoms with E-state index in [1.165, 1.54) is 14.0 Å². The summed E-state index contributed by atoms with van der Waals surface area (Å²) >= 11 is 0. The number of fused-ring (bicyclic) bond motifs is 3. The van der Waals surface area contributed by atoms with E-state index in [0.717, 1.165) is 27.2 Å². The maximum Gasteiger partial charge on any atom is 0.407 e. The Morgan fingerprint density at radius 3 is 2.00 bits per heavy atom. The second-order valence-corrected chi connectivity index (χ2v) is 9.23. The lowest BCUT2D eigenvalue weighted by Gasteiger charge is -2.34. The fraction of sp³-hybridized carbons (Fsp3) is 0.400. The molecule has 2 amide bonds. The van der Waals surface area contributed by atoms with Crippen LogP contribution in [0.2, 0.25) is 0 Å². The second kappa shape index (κ2) is 9.02.